The zero-order chi connectivity index (χ0) is 19.6. The number of carbonyl (C=O) groups is 1. The normalized spacial score (nSPS) is 18.8. The SMILES string of the molecule is CC1(c2ccccc2)NC(=S)N(c2ccc(OCc3ccccc3)cc2)C1=O. The number of carbonyl (C=O) groups excluding carboxylic acids is 1. The van der Waals surface area contributed by atoms with Crippen LogP contribution in [0, 0.1) is 0 Å². The predicted molar refractivity (Wildman–Crippen MR) is 114 cm³/mol. The number of nitrogens with one attached hydrogen (secondary N) is 1. The zero-order valence-electron chi connectivity index (χ0n) is 15.5. The van der Waals surface area contributed by atoms with Crippen LogP contribution in [0.1, 0.15) is 18.1 Å². The summed E-state index contributed by atoms with van der Waals surface area (Å²) in [6, 6.07) is 27.0. The Labute approximate surface area is 169 Å². The molecule has 1 fully saturated rings. The predicted octanol–water partition coefficient (Wildman–Crippen LogP) is 4.40. The van der Waals surface area contributed by atoms with Crippen LogP contribution in [-0.2, 0) is 16.9 Å². The van der Waals surface area contributed by atoms with Gasteiger partial charge in [0.15, 0.2) is 5.11 Å². The molecule has 3 aromatic rings. The molecule has 3 aromatic carbocycles. The highest BCUT2D eigenvalue weighted by molar-refractivity contribution is 7.80. The summed E-state index contributed by atoms with van der Waals surface area (Å²) >= 11 is 5.46. The van der Waals surface area contributed by atoms with Gasteiger partial charge >= 0.3 is 0 Å². The molecule has 1 amide bonds. The van der Waals surface area contributed by atoms with E-state index < -0.39 is 5.54 Å². The molecule has 1 unspecified atom stereocenters. The largest absolute Gasteiger partial charge is 0.489 e. The second-order valence-electron chi connectivity index (χ2n) is 6.83. The second kappa shape index (κ2) is 7.44. The lowest BCUT2D eigenvalue weighted by Gasteiger charge is -2.22. The fourth-order valence-corrected chi connectivity index (χ4v) is 3.67. The van der Waals surface area contributed by atoms with Gasteiger partial charge in [0.25, 0.3) is 5.91 Å². The summed E-state index contributed by atoms with van der Waals surface area (Å²) in [4.78, 5) is 14.7. The maximum absolute atomic E-state index is 13.2. The first-order chi connectivity index (χ1) is 13.6. The van der Waals surface area contributed by atoms with Crippen LogP contribution in [0.2, 0.25) is 0 Å². The molecule has 140 valence electrons. The van der Waals surface area contributed by atoms with Crippen molar-refractivity contribution in [3.63, 3.8) is 0 Å². The van der Waals surface area contributed by atoms with E-state index in [0.29, 0.717) is 17.4 Å². The molecular weight excluding hydrogens is 368 g/mol. The molecule has 0 aromatic heterocycles. The number of amides is 1. The van der Waals surface area contributed by atoms with Crippen molar-refractivity contribution in [2.45, 2.75) is 19.1 Å². The summed E-state index contributed by atoms with van der Waals surface area (Å²) in [6.45, 7) is 2.35. The Kier molecular flexibility index (Phi) is 4.84. The lowest BCUT2D eigenvalue weighted by Crippen LogP contribution is -2.40. The fourth-order valence-electron chi connectivity index (χ4n) is 3.27. The van der Waals surface area contributed by atoms with Crippen LogP contribution in [0.15, 0.2) is 84.9 Å². The summed E-state index contributed by atoms with van der Waals surface area (Å²) in [6.07, 6.45) is 0. The van der Waals surface area contributed by atoms with E-state index in [4.69, 9.17) is 17.0 Å². The summed E-state index contributed by atoms with van der Waals surface area (Å²) in [5, 5.41) is 3.58. The fraction of sp³-hybridized carbons (Fsp3) is 0.130. The molecule has 4 nitrogen and oxygen atoms in total. The Morgan fingerprint density at radius 3 is 2.18 bits per heavy atom. The monoisotopic (exact) mass is 388 g/mol. The van der Waals surface area contributed by atoms with Crippen molar-refractivity contribution in [1.82, 2.24) is 5.32 Å². The minimum Gasteiger partial charge on any atom is -0.489 e. The molecule has 1 heterocycles. The van der Waals surface area contributed by atoms with E-state index in [9.17, 15) is 4.79 Å². The van der Waals surface area contributed by atoms with Crippen LogP contribution in [0.25, 0.3) is 0 Å². The average molecular weight is 388 g/mol. The van der Waals surface area contributed by atoms with Crippen molar-refractivity contribution in [3.8, 4) is 5.75 Å². The van der Waals surface area contributed by atoms with Crippen LogP contribution in [0.5, 0.6) is 5.75 Å². The number of hydrogen-bond donors (Lipinski definition) is 1. The van der Waals surface area contributed by atoms with Crippen molar-refractivity contribution in [1.29, 1.82) is 0 Å². The molecule has 28 heavy (non-hydrogen) atoms. The zero-order valence-corrected chi connectivity index (χ0v) is 16.3. The first-order valence-corrected chi connectivity index (χ1v) is 9.48. The van der Waals surface area contributed by atoms with Gasteiger partial charge in [-0.05, 0) is 54.5 Å². The Hall–Kier alpha value is -3.18. The van der Waals surface area contributed by atoms with Gasteiger partial charge in [-0.15, -0.1) is 0 Å². The number of hydrogen-bond acceptors (Lipinski definition) is 3. The van der Waals surface area contributed by atoms with Gasteiger partial charge in [-0.1, -0.05) is 60.7 Å². The Bertz CT molecular complexity index is 990. The summed E-state index contributed by atoms with van der Waals surface area (Å²) in [5.41, 5.74) is 1.83. The van der Waals surface area contributed by atoms with Gasteiger partial charge in [0.2, 0.25) is 0 Å². The van der Waals surface area contributed by atoms with Gasteiger partial charge in [0, 0.05) is 0 Å². The molecule has 4 rings (SSSR count). The summed E-state index contributed by atoms with van der Waals surface area (Å²) in [5.74, 6) is 0.644. The van der Waals surface area contributed by atoms with E-state index in [-0.39, 0.29) is 5.91 Å². The van der Waals surface area contributed by atoms with Crippen LogP contribution < -0.4 is 15.0 Å². The Morgan fingerprint density at radius 2 is 1.54 bits per heavy atom. The van der Waals surface area contributed by atoms with Gasteiger partial charge in [-0.25, -0.2) is 0 Å². The number of rotatable bonds is 5. The third-order valence-electron chi connectivity index (χ3n) is 4.89. The van der Waals surface area contributed by atoms with Gasteiger partial charge in [-0.3, -0.25) is 9.69 Å². The number of thiocarbonyl (C=S) groups is 1. The highest BCUT2D eigenvalue weighted by Gasteiger charge is 2.47. The van der Waals surface area contributed by atoms with Gasteiger partial charge in [0.05, 0.1) is 5.69 Å². The number of ether oxygens (including phenoxy) is 1. The topological polar surface area (TPSA) is 41.6 Å². The molecule has 1 aliphatic rings. The third kappa shape index (κ3) is 3.37. The molecular formula is C23H20N2O2S. The highest BCUT2D eigenvalue weighted by Crippen LogP contribution is 2.32. The van der Waals surface area contributed by atoms with E-state index >= 15 is 0 Å². The van der Waals surface area contributed by atoms with Gasteiger partial charge in [0.1, 0.15) is 17.9 Å². The maximum Gasteiger partial charge on any atom is 0.263 e. The van der Waals surface area contributed by atoms with Gasteiger partial charge in [-0.2, -0.15) is 0 Å². The lowest BCUT2D eigenvalue weighted by molar-refractivity contribution is -0.121. The van der Waals surface area contributed by atoms with Crippen LogP contribution in [0.3, 0.4) is 0 Å². The Morgan fingerprint density at radius 1 is 0.929 bits per heavy atom. The van der Waals surface area contributed by atoms with Crippen molar-refractivity contribution >= 4 is 28.9 Å². The van der Waals surface area contributed by atoms with E-state index in [1.165, 1.54) is 0 Å². The summed E-state index contributed by atoms with van der Waals surface area (Å²) < 4.78 is 5.82. The molecule has 1 atom stereocenters. The van der Waals surface area contributed by atoms with E-state index in [2.05, 4.69) is 5.32 Å². The third-order valence-corrected chi connectivity index (χ3v) is 5.17. The molecule has 1 N–H and O–H groups in total. The van der Waals surface area contributed by atoms with Gasteiger partial charge < -0.3 is 10.1 Å². The van der Waals surface area contributed by atoms with Crippen LogP contribution in [-0.4, -0.2) is 11.0 Å². The standard InChI is InChI=1S/C23H20N2O2S/c1-23(18-10-6-3-7-11-18)21(26)25(22(28)24-23)19-12-14-20(15-13-19)27-16-17-8-4-2-5-9-17/h2-15H,16H2,1H3,(H,24,28). The average Bonchev–Trinajstić information content (AvgIpc) is 2.97. The minimum absolute atomic E-state index is 0.0957. The molecule has 1 aliphatic heterocycles. The van der Waals surface area contributed by atoms with Crippen molar-refractivity contribution < 1.29 is 9.53 Å². The second-order valence-corrected chi connectivity index (χ2v) is 7.22. The van der Waals surface area contributed by atoms with E-state index in [0.717, 1.165) is 16.9 Å². The smallest absolute Gasteiger partial charge is 0.263 e. The quantitative estimate of drug-likeness (QED) is 0.658. The van der Waals surface area contributed by atoms with E-state index in [1.807, 2.05) is 91.9 Å². The minimum atomic E-state index is -0.874. The first-order valence-electron chi connectivity index (χ1n) is 9.07. The molecule has 0 spiro atoms. The van der Waals surface area contributed by atoms with Crippen LogP contribution >= 0.6 is 12.2 Å². The molecule has 0 saturated carbocycles. The van der Waals surface area contributed by atoms with Crippen molar-refractivity contribution in [2.24, 2.45) is 0 Å². The highest BCUT2D eigenvalue weighted by atomic mass is 32.1. The summed E-state index contributed by atoms with van der Waals surface area (Å²) in [7, 11) is 0. The maximum atomic E-state index is 13.2. The molecule has 0 aliphatic carbocycles. The lowest BCUT2D eigenvalue weighted by atomic mass is 9.92. The van der Waals surface area contributed by atoms with Crippen LogP contribution in [0.4, 0.5) is 5.69 Å². The molecule has 0 radical (unpaired) electrons. The van der Waals surface area contributed by atoms with E-state index in [1.54, 1.807) is 4.90 Å². The molecule has 0 bridgehead atoms. The number of anilines is 1. The number of benzene rings is 3. The molecule has 1 saturated heterocycles. The molecule has 5 heteroatoms. The van der Waals surface area contributed by atoms with Crippen molar-refractivity contribution in [3.05, 3.63) is 96.1 Å². The Balaban J connectivity index is 1.51. The number of nitrogens with zero attached hydrogens (tertiary/aromatic N) is 1. The van der Waals surface area contributed by atoms with Crippen molar-refractivity contribution in [2.75, 3.05) is 4.90 Å². The first kappa shape index (κ1) is 18.2.